The molecule has 2 aliphatic rings. The number of benzene rings is 1. The van der Waals surface area contributed by atoms with E-state index >= 15 is 0 Å². The van der Waals surface area contributed by atoms with Crippen molar-refractivity contribution in [3.8, 4) is 5.75 Å². The molecule has 1 aromatic heterocycles. The first-order valence-electron chi connectivity index (χ1n) is 12.0. The lowest BCUT2D eigenvalue weighted by Gasteiger charge is -2.41. The molecule has 2 atom stereocenters. The van der Waals surface area contributed by atoms with Gasteiger partial charge in [-0.2, -0.15) is 13.2 Å². The molecule has 0 saturated carbocycles. The predicted octanol–water partition coefficient (Wildman–Crippen LogP) is 5.29. The number of nitrogens with zero attached hydrogens (tertiary/aromatic N) is 2. The van der Waals surface area contributed by atoms with Gasteiger partial charge in [0.1, 0.15) is 12.3 Å². The largest absolute Gasteiger partial charge is 0.476 e. The zero-order valence-corrected chi connectivity index (χ0v) is 22.1. The van der Waals surface area contributed by atoms with Gasteiger partial charge in [-0.15, -0.1) is 0 Å². The fraction of sp³-hybridized carbons (Fsp3) is 0.480. The van der Waals surface area contributed by atoms with E-state index in [1.54, 1.807) is 31.3 Å². The van der Waals surface area contributed by atoms with Gasteiger partial charge in [0.05, 0.1) is 10.6 Å². The van der Waals surface area contributed by atoms with Gasteiger partial charge in [0.25, 0.3) is 11.8 Å². The van der Waals surface area contributed by atoms with Gasteiger partial charge in [-0.1, -0.05) is 23.2 Å². The summed E-state index contributed by atoms with van der Waals surface area (Å²) in [4.78, 5) is 30.9. The molecule has 0 spiro atoms. The number of carbonyl (C=O) groups excluding carboxylic acids is 2. The molecule has 1 aromatic carbocycles. The van der Waals surface area contributed by atoms with Gasteiger partial charge in [-0.3, -0.25) is 9.59 Å². The minimum absolute atomic E-state index is 0.0377. The summed E-state index contributed by atoms with van der Waals surface area (Å²) < 4.78 is 57.9. The Morgan fingerprint density at radius 1 is 1.13 bits per heavy atom. The highest BCUT2D eigenvalue weighted by Gasteiger charge is 2.44. The molecular weight excluding hydrogens is 551 g/mol. The smallest absolute Gasteiger partial charge is 0.405 e. The number of anilines is 1. The highest BCUT2D eigenvalue weighted by atomic mass is 35.5. The summed E-state index contributed by atoms with van der Waals surface area (Å²) in [5.41, 5.74) is -1.53. The van der Waals surface area contributed by atoms with Crippen LogP contribution in [0.2, 0.25) is 10.0 Å². The first-order valence-corrected chi connectivity index (χ1v) is 12.7. The van der Waals surface area contributed by atoms with Crippen molar-refractivity contribution in [1.29, 1.82) is 0 Å². The van der Waals surface area contributed by atoms with Crippen LogP contribution in [0, 0.1) is 5.82 Å². The van der Waals surface area contributed by atoms with E-state index in [-0.39, 0.29) is 40.4 Å². The highest BCUT2D eigenvalue weighted by molar-refractivity contribution is 6.35. The number of halogens is 6. The first kappa shape index (κ1) is 28.2. The van der Waals surface area contributed by atoms with Gasteiger partial charge in [-0.05, 0) is 63.8 Å². The Labute approximate surface area is 226 Å². The Morgan fingerprint density at radius 2 is 1.79 bits per heavy atom. The topological polar surface area (TPSA) is 83.6 Å². The van der Waals surface area contributed by atoms with Crippen LogP contribution in [-0.4, -0.2) is 53.2 Å². The molecule has 2 N–H and O–H groups in total. The van der Waals surface area contributed by atoms with E-state index in [0.717, 1.165) is 25.1 Å². The standard InChI is InChI=1S/C25H26Cl2F4N4O3/c1-24(2,38-20-6-3-14(26)8-18(20)27)23(37)34-15-9-16-4-5-17(10-15)35(16)21-19(28)7-13(11-32-21)22(36)33-12-25(29,30)31/h3,6-8,11,15-17H,4-5,9-10,12H2,1-2H3,(H,33,36)(H,34,37). The monoisotopic (exact) mass is 576 g/mol. The molecule has 2 aromatic rings. The third-order valence-corrected chi connectivity index (χ3v) is 7.18. The number of alkyl halides is 3. The second-order valence-corrected chi connectivity index (χ2v) is 10.8. The van der Waals surface area contributed by atoms with Crippen LogP contribution in [0.3, 0.4) is 0 Å². The number of piperidine rings is 1. The Balaban J connectivity index is 1.39. The maximum absolute atomic E-state index is 15.0. The van der Waals surface area contributed by atoms with Crippen molar-refractivity contribution in [2.24, 2.45) is 0 Å². The highest BCUT2D eigenvalue weighted by Crippen LogP contribution is 2.40. The van der Waals surface area contributed by atoms with Crippen molar-refractivity contribution < 1.29 is 31.9 Å². The van der Waals surface area contributed by atoms with Crippen molar-refractivity contribution in [3.05, 3.63) is 51.9 Å². The zero-order valence-electron chi connectivity index (χ0n) is 20.5. The van der Waals surface area contributed by atoms with Gasteiger partial charge in [0, 0.05) is 29.3 Å². The van der Waals surface area contributed by atoms with E-state index in [9.17, 15) is 27.2 Å². The molecule has 2 aliphatic heterocycles. The van der Waals surface area contributed by atoms with Crippen molar-refractivity contribution in [2.45, 2.75) is 69.4 Å². The quantitative estimate of drug-likeness (QED) is 0.437. The van der Waals surface area contributed by atoms with Gasteiger partial charge in [-0.25, -0.2) is 9.37 Å². The summed E-state index contributed by atoms with van der Waals surface area (Å²) in [7, 11) is 0. The number of ether oxygens (including phenoxy) is 1. The fourth-order valence-corrected chi connectivity index (χ4v) is 5.35. The Bertz CT molecular complexity index is 1210. The van der Waals surface area contributed by atoms with Gasteiger partial charge >= 0.3 is 6.18 Å². The lowest BCUT2D eigenvalue weighted by Crippen LogP contribution is -2.55. The van der Waals surface area contributed by atoms with Crippen LogP contribution in [0.1, 0.15) is 49.9 Å². The summed E-state index contributed by atoms with van der Waals surface area (Å²) >= 11 is 12.1. The molecular formula is C25H26Cl2F4N4O3. The Hall–Kier alpha value is -2.79. The molecule has 0 radical (unpaired) electrons. The summed E-state index contributed by atoms with van der Waals surface area (Å²) in [6.45, 7) is 1.73. The Morgan fingerprint density at radius 3 is 2.37 bits per heavy atom. The molecule has 2 fully saturated rings. The number of carbonyl (C=O) groups is 2. The van der Waals surface area contributed by atoms with Crippen molar-refractivity contribution in [2.75, 3.05) is 11.4 Å². The van der Waals surface area contributed by atoms with Crippen LogP contribution >= 0.6 is 23.2 Å². The molecule has 2 amide bonds. The number of hydrogen-bond acceptors (Lipinski definition) is 5. The van der Waals surface area contributed by atoms with Crippen LogP contribution < -0.4 is 20.3 Å². The van der Waals surface area contributed by atoms with E-state index in [4.69, 9.17) is 27.9 Å². The second-order valence-electron chi connectivity index (χ2n) is 9.95. The third-order valence-electron chi connectivity index (χ3n) is 6.65. The number of rotatable bonds is 7. The maximum atomic E-state index is 15.0. The second kappa shape index (κ2) is 10.8. The summed E-state index contributed by atoms with van der Waals surface area (Å²) in [6.07, 6.45) is -0.924. The molecule has 206 valence electrons. The summed E-state index contributed by atoms with van der Waals surface area (Å²) in [5.74, 6) is -1.83. The minimum Gasteiger partial charge on any atom is -0.476 e. The van der Waals surface area contributed by atoms with Crippen LogP contribution in [0.5, 0.6) is 5.75 Å². The minimum atomic E-state index is -4.58. The molecule has 13 heteroatoms. The molecule has 38 heavy (non-hydrogen) atoms. The molecule has 2 bridgehead atoms. The average Bonchev–Trinajstić information content (AvgIpc) is 3.08. The normalized spacial score (nSPS) is 21.3. The molecule has 2 saturated heterocycles. The van der Waals surface area contributed by atoms with E-state index in [1.165, 1.54) is 6.07 Å². The van der Waals surface area contributed by atoms with Crippen molar-refractivity contribution in [3.63, 3.8) is 0 Å². The fourth-order valence-electron chi connectivity index (χ4n) is 4.91. The molecule has 7 nitrogen and oxygen atoms in total. The number of aromatic nitrogens is 1. The maximum Gasteiger partial charge on any atom is 0.405 e. The predicted molar refractivity (Wildman–Crippen MR) is 134 cm³/mol. The van der Waals surface area contributed by atoms with Crippen LogP contribution in [0.15, 0.2) is 30.5 Å². The number of hydrogen-bond donors (Lipinski definition) is 2. The molecule has 2 unspecified atom stereocenters. The SMILES string of the molecule is CC(C)(Oc1ccc(Cl)cc1Cl)C(=O)NC1CC2CCC(C1)N2c1ncc(C(=O)NCC(F)(F)F)cc1F. The Kier molecular flexibility index (Phi) is 7.99. The number of pyridine rings is 1. The summed E-state index contributed by atoms with van der Waals surface area (Å²) in [5, 5.41) is 5.46. The number of amides is 2. The first-order chi connectivity index (χ1) is 17.7. The van der Waals surface area contributed by atoms with Crippen LogP contribution in [0.25, 0.3) is 0 Å². The number of nitrogens with one attached hydrogen (secondary N) is 2. The van der Waals surface area contributed by atoms with Crippen molar-refractivity contribution in [1.82, 2.24) is 15.6 Å². The number of fused-ring (bicyclic) bond motifs is 2. The van der Waals surface area contributed by atoms with Gasteiger partial charge < -0.3 is 20.3 Å². The molecule has 0 aliphatic carbocycles. The zero-order chi connectivity index (χ0) is 27.8. The average molecular weight is 577 g/mol. The van der Waals surface area contributed by atoms with E-state index in [0.29, 0.717) is 23.6 Å². The van der Waals surface area contributed by atoms with Crippen LogP contribution in [-0.2, 0) is 4.79 Å². The lowest BCUT2D eigenvalue weighted by atomic mass is 9.96. The molecule has 3 heterocycles. The van der Waals surface area contributed by atoms with E-state index < -0.39 is 30.0 Å². The lowest BCUT2D eigenvalue weighted by molar-refractivity contribution is -0.135. The summed E-state index contributed by atoms with van der Waals surface area (Å²) in [6, 6.07) is 5.21. The molecule has 4 rings (SSSR count). The van der Waals surface area contributed by atoms with Gasteiger partial charge in [0.2, 0.25) is 0 Å². The van der Waals surface area contributed by atoms with Crippen molar-refractivity contribution >= 4 is 40.8 Å². The van der Waals surface area contributed by atoms with Gasteiger partial charge in [0.15, 0.2) is 17.2 Å². The van der Waals surface area contributed by atoms with E-state index in [2.05, 4.69) is 10.3 Å². The van der Waals surface area contributed by atoms with E-state index in [1.807, 2.05) is 4.90 Å². The van der Waals surface area contributed by atoms with Crippen LogP contribution in [0.4, 0.5) is 23.4 Å². The third kappa shape index (κ3) is 6.43.